The van der Waals surface area contributed by atoms with Gasteiger partial charge in [0.1, 0.15) is 10.8 Å². The second kappa shape index (κ2) is 5.12. The molecule has 0 saturated heterocycles. The van der Waals surface area contributed by atoms with E-state index in [2.05, 4.69) is 15.3 Å². The predicted octanol–water partition coefficient (Wildman–Crippen LogP) is 3.32. The minimum Gasteiger partial charge on any atom is -0.336 e. The number of halogens is 5. The summed E-state index contributed by atoms with van der Waals surface area (Å²) >= 11 is 5.61. The smallest absolute Gasteiger partial charge is 0.336 e. The molecule has 106 valence electrons. The number of rotatable bonds is 2. The van der Waals surface area contributed by atoms with Crippen molar-refractivity contribution in [3.63, 3.8) is 0 Å². The van der Waals surface area contributed by atoms with Gasteiger partial charge in [0, 0.05) is 0 Å². The van der Waals surface area contributed by atoms with E-state index in [-0.39, 0.29) is 10.8 Å². The van der Waals surface area contributed by atoms with Gasteiger partial charge in [0.05, 0.1) is 17.6 Å². The maximum Gasteiger partial charge on any atom is 0.416 e. The number of H-pyrrole nitrogens is 1. The molecule has 0 unspecified atom stereocenters. The third-order valence-electron chi connectivity index (χ3n) is 2.34. The van der Waals surface area contributed by atoms with Gasteiger partial charge in [-0.05, 0) is 18.2 Å². The fourth-order valence-electron chi connectivity index (χ4n) is 1.40. The van der Waals surface area contributed by atoms with Crippen LogP contribution in [-0.4, -0.2) is 9.97 Å². The number of hydrogen-bond donors (Lipinski definition) is 2. The van der Waals surface area contributed by atoms with Crippen molar-refractivity contribution in [2.24, 2.45) is 0 Å². The van der Waals surface area contributed by atoms with Crippen molar-refractivity contribution in [2.75, 3.05) is 5.32 Å². The van der Waals surface area contributed by atoms with Gasteiger partial charge in [0.25, 0.3) is 5.56 Å². The van der Waals surface area contributed by atoms with Crippen molar-refractivity contribution in [1.29, 1.82) is 0 Å². The Labute approximate surface area is 114 Å². The number of benzene rings is 1. The predicted molar refractivity (Wildman–Crippen MR) is 64.6 cm³/mol. The van der Waals surface area contributed by atoms with Gasteiger partial charge in [-0.2, -0.15) is 13.2 Å². The molecule has 2 N–H and O–H groups in total. The Hall–Kier alpha value is -2.09. The fraction of sp³-hybridized carbons (Fsp3) is 0.0909. The summed E-state index contributed by atoms with van der Waals surface area (Å²) in [6, 6.07) is 1.83. The summed E-state index contributed by atoms with van der Waals surface area (Å²) in [7, 11) is 0. The van der Waals surface area contributed by atoms with E-state index in [0.717, 1.165) is 6.33 Å². The molecule has 4 nitrogen and oxygen atoms in total. The highest BCUT2D eigenvalue weighted by molar-refractivity contribution is 6.32. The minimum atomic E-state index is -4.62. The van der Waals surface area contributed by atoms with E-state index in [9.17, 15) is 22.4 Å². The van der Waals surface area contributed by atoms with E-state index < -0.39 is 28.8 Å². The number of alkyl halides is 3. The van der Waals surface area contributed by atoms with E-state index in [0.29, 0.717) is 18.2 Å². The zero-order valence-corrected chi connectivity index (χ0v) is 10.3. The molecule has 0 aliphatic rings. The molecule has 9 heteroatoms. The molecule has 0 aliphatic heterocycles. The first-order valence-electron chi connectivity index (χ1n) is 5.16. The van der Waals surface area contributed by atoms with Crippen LogP contribution in [0.25, 0.3) is 0 Å². The lowest BCUT2D eigenvalue weighted by atomic mass is 10.2. The van der Waals surface area contributed by atoms with Gasteiger partial charge in [-0.3, -0.25) is 4.79 Å². The molecule has 0 aliphatic carbocycles. The second-order valence-corrected chi connectivity index (χ2v) is 4.09. The molecule has 0 atom stereocenters. The van der Waals surface area contributed by atoms with Crippen LogP contribution >= 0.6 is 11.6 Å². The number of nitrogens with zero attached hydrogens (tertiary/aromatic N) is 1. The Balaban J connectivity index is 2.43. The molecule has 1 aromatic heterocycles. The van der Waals surface area contributed by atoms with Crippen LogP contribution < -0.4 is 10.9 Å². The summed E-state index contributed by atoms with van der Waals surface area (Å²) in [5.74, 6) is -1.18. The number of nitrogens with one attached hydrogen (secondary N) is 2. The lowest BCUT2D eigenvalue weighted by molar-refractivity contribution is -0.137. The molecule has 2 rings (SSSR count). The Kier molecular flexibility index (Phi) is 3.67. The van der Waals surface area contributed by atoms with Crippen LogP contribution in [0.5, 0.6) is 0 Å². The van der Waals surface area contributed by atoms with Crippen LogP contribution in [0.4, 0.5) is 29.1 Å². The van der Waals surface area contributed by atoms with Crippen molar-refractivity contribution in [3.05, 3.63) is 51.3 Å². The van der Waals surface area contributed by atoms with Gasteiger partial charge >= 0.3 is 6.18 Å². The normalized spacial score (nSPS) is 11.4. The van der Waals surface area contributed by atoms with Gasteiger partial charge in [-0.15, -0.1) is 0 Å². The number of anilines is 2. The number of aromatic amines is 1. The first kappa shape index (κ1) is 14.3. The molecule has 0 fully saturated rings. The fourth-order valence-corrected chi connectivity index (χ4v) is 1.55. The summed E-state index contributed by atoms with van der Waals surface area (Å²) in [6.07, 6.45) is -3.63. The lowest BCUT2D eigenvalue weighted by Gasteiger charge is -2.11. The average Bonchev–Trinajstić information content (AvgIpc) is 2.36. The van der Waals surface area contributed by atoms with Crippen molar-refractivity contribution in [3.8, 4) is 0 Å². The van der Waals surface area contributed by atoms with Crippen molar-refractivity contribution < 1.29 is 17.6 Å². The molecule has 1 heterocycles. The van der Waals surface area contributed by atoms with Gasteiger partial charge in [-0.25, -0.2) is 9.37 Å². The molecule has 0 saturated carbocycles. The van der Waals surface area contributed by atoms with Gasteiger partial charge in [0.15, 0.2) is 5.82 Å². The summed E-state index contributed by atoms with van der Waals surface area (Å²) in [5, 5.41) is 1.87. The average molecular weight is 308 g/mol. The van der Waals surface area contributed by atoms with Crippen molar-refractivity contribution >= 4 is 23.1 Å². The molecule has 1 aromatic carbocycles. The highest BCUT2D eigenvalue weighted by Crippen LogP contribution is 2.32. The maximum absolute atomic E-state index is 13.5. The van der Waals surface area contributed by atoms with Crippen molar-refractivity contribution in [2.45, 2.75) is 6.18 Å². The Bertz CT molecular complexity index is 699. The maximum atomic E-state index is 13.5. The SMILES string of the molecule is O=c1[nH]cnc(Nc2cc(C(F)(F)F)ccc2F)c1Cl. The lowest BCUT2D eigenvalue weighted by Crippen LogP contribution is -2.11. The van der Waals surface area contributed by atoms with Crippen LogP contribution in [0.3, 0.4) is 0 Å². The number of aromatic nitrogens is 2. The highest BCUT2D eigenvalue weighted by Gasteiger charge is 2.31. The third kappa shape index (κ3) is 2.90. The van der Waals surface area contributed by atoms with Crippen LogP contribution in [0.15, 0.2) is 29.3 Å². The van der Waals surface area contributed by atoms with Crippen LogP contribution in [0, 0.1) is 5.82 Å². The molecule has 0 amide bonds. The molecular weight excluding hydrogens is 302 g/mol. The molecule has 0 spiro atoms. The van der Waals surface area contributed by atoms with E-state index in [1.165, 1.54) is 0 Å². The zero-order valence-electron chi connectivity index (χ0n) is 9.55. The molecule has 0 bridgehead atoms. The van der Waals surface area contributed by atoms with Crippen molar-refractivity contribution in [1.82, 2.24) is 9.97 Å². The monoisotopic (exact) mass is 307 g/mol. The Morgan fingerprint density at radius 1 is 1.30 bits per heavy atom. The van der Waals surface area contributed by atoms with E-state index in [1.807, 2.05) is 0 Å². The standard InChI is InChI=1S/C11H6ClF4N3O/c12-8-9(17-4-18-10(8)20)19-7-3-5(11(14,15)16)1-2-6(7)13/h1-4H,(H2,17,18,19,20). The van der Waals surface area contributed by atoms with Gasteiger partial charge < -0.3 is 10.3 Å². The largest absolute Gasteiger partial charge is 0.416 e. The first-order valence-corrected chi connectivity index (χ1v) is 5.54. The highest BCUT2D eigenvalue weighted by atomic mass is 35.5. The Morgan fingerprint density at radius 2 is 2.00 bits per heavy atom. The van der Waals surface area contributed by atoms with E-state index >= 15 is 0 Å². The minimum absolute atomic E-state index is 0.242. The summed E-state index contributed by atoms with van der Waals surface area (Å²) in [4.78, 5) is 17.0. The molecule has 0 radical (unpaired) electrons. The summed E-state index contributed by atoms with van der Waals surface area (Å²) in [5.41, 5.74) is -2.22. The zero-order chi connectivity index (χ0) is 14.9. The summed E-state index contributed by atoms with van der Waals surface area (Å²) in [6.45, 7) is 0. The third-order valence-corrected chi connectivity index (χ3v) is 2.69. The van der Waals surface area contributed by atoms with Gasteiger partial charge in [-0.1, -0.05) is 11.6 Å². The number of hydrogen-bond acceptors (Lipinski definition) is 3. The Morgan fingerprint density at radius 3 is 2.65 bits per heavy atom. The topological polar surface area (TPSA) is 57.8 Å². The second-order valence-electron chi connectivity index (χ2n) is 3.71. The van der Waals surface area contributed by atoms with E-state index in [1.54, 1.807) is 0 Å². The van der Waals surface area contributed by atoms with Crippen LogP contribution in [-0.2, 0) is 6.18 Å². The van der Waals surface area contributed by atoms with Gasteiger partial charge in [0.2, 0.25) is 0 Å². The quantitative estimate of drug-likeness (QED) is 0.837. The first-order chi connectivity index (χ1) is 9.29. The molecule has 20 heavy (non-hydrogen) atoms. The van der Waals surface area contributed by atoms with E-state index in [4.69, 9.17) is 11.6 Å². The van der Waals surface area contributed by atoms with Crippen LogP contribution in [0.1, 0.15) is 5.56 Å². The summed E-state index contributed by atoms with van der Waals surface area (Å²) < 4.78 is 51.1. The molecular formula is C11H6ClF4N3O. The molecule has 2 aromatic rings. The van der Waals surface area contributed by atoms with Crippen LogP contribution in [0.2, 0.25) is 5.02 Å².